The number of halogens is 5. The normalized spacial score (nSPS) is 16.5. The second-order valence-corrected chi connectivity index (χ2v) is 22.4. The van der Waals surface area contributed by atoms with Crippen LogP contribution in [0.25, 0.3) is 10.4 Å². The van der Waals surface area contributed by atoms with E-state index in [0.29, 0.717) is 55.2 Å². The highest BCUT2D eigenvalue weighted by atomic mass is 127. The van der Waals surface area contributed by atoms with Crippen molar-refractivity contribution in [1.82, 2.24) is 31.3 Å². The highest BCUT2D eigenvalue weighted by molar-refractivity contribution is 14.1. The third kappa shape index (κ3) is 19.1. The average molecular weight is 1240 g/mol. The number of hydrogen-bond donors (Lipinski definition) is 6. The number of thiazole rings is 1. The summed E-state index contributed by atoms with van der Waals surface area (Å²) in [5, 5.41) is 21.5. The summed E-state index contributed by atoms with van der Waals surface area (Å²) in [5.74, 6) is -6.50. The number of β-amino-alcohol motifs (C(OH)–C–C–N with tert-alkyl or cyclic N) is 1. The number of aromatic nitrogens is 1. The molecule has 2 heterocycles. The standard InChI is InChI=1S/C55H70F4IN7O11S/c1-34-48(79-33-62-34)36-11-9-35(10-12-36)43(64-51(71)44-30-38(68)32-67(44)52(72)49(54(2,3)4)65-53(73)55(59)17-18-55)31-45(69)61-19-22-75-24-26-77-28-27-76-25-23-74-20-7-5-6-8-21-78-66-50(70)39-14-15-40(56)46(58)47(39)63-42-16-13-37(60)29-41(42)57/h9-16,29,33,38,43-44,49,63,68H,5-8,17-28,30-32H2,1-4H3,(H,61,69)(H,64,71)(H,65,73)(H,66,70)/t38-,43+,44+,49?/m1/s1. The topological polar surface area (TPSA) is 228 Å². The molecular weight excluding hydrogens is 1170 g/mol. The highest BCUT2D eigenvalue weighted by Crippen LogP contribution is 2.41. The largest absolute Gasteiger partial charge is 0.391 e. The molecule has 5 amide bonds. The third-order valence-electron chi connectivity index (χ3n) is 13.0. The number of likely N-dealkylation sites (tertiary alicyclic amines) is 1. The van der Waals surface area contributed by atoms with Gasteiger partial charge in [-0.2, -0.15) is 0 Å². The van der Waals surface area contributed by atoms with Gasteiger partial charge in [0.1, 0.15) is 17.9 Å². The number of carbonyl (C=O) groups excluding carboxylic acids is 5. The van der Waals surface area contributed by atoms with Crippen molar-refractivity contribution in [2.24, 2.45) is 5.41 Å². The first-order chi connectivity index (χ1) is 37.7. The molecule has 4 atom stereocenters. The number of aryl methyl sites for hydroxylation is 1. The fourth-order valence-electron chi connectivity index (χ4n) is 8.46. The van der Waals surface area contributed by atoms with Crippen molar-refractivity contribution < 1.29 is 70.4 Å². The maximum absolute atomic E-state index is 14.7. The van der Waals surface area contributed by atoms with Gasteiger partial charge in [0, 0.05) is 29.7 Å². The van der Waals surface area contributed by atoms with Crippen LogP contribution in [0.15, 0.2) is 60.1 Å². The van der Waals surface area contributed by atoms with Gasteiger partial charge in [0.15, 0.2) is 17.3 Å². The predicted octanol–water partition coefficient (Wildman–Crippen LogP) is 7.53. The number of benzene rings is 3. The Balaban J connectivity index is 0.815. The van der Waals surface area contributed by atoms with Gasteiger partial charge in [-0.3, -0.25) is 28.8 Å². The van der Waals surface area contributed by atoms with Crippen LogP contribution in [0.4, 0.5) is 28.9 Å². The Morgan fingerprint density at radius 2 is 1.48 bits per heavy atom. The van der Waals surface area contributed by atoms with Crippen LogP contribution in [0.2, 0.25) is 0 Å². The first-order valence-electron chi connectivity index (χ1n) is 26.2. The van der Waals surface area contributed by atoms with Gasteiger partial charge in [-0.1, -0.05) is 57.9 Å². The number of aliphatic hydroxyl groups excluding tert-OH is 1. The van der Waals surface area contributed by atoms with Crippen molar-refractivity contribution in [2.45, 2.75) is 109 Å². The molecule has 1 aliphatic carbocycles. The minimum atomic E-state index is -2.02. The van der Waals surface area contributed by atoms with Gasteiger partial charge in [0.05, 0.1) is 104 Å². The Morgan fingerprint density at radius 3 is 2.10 bits per heavy atom. The molecule has 1 aliphatic heterocycles. The SMILES string of the molecule is Cc1ncsc1-c1ccc([C@H](CC(=O)NCCOCCOCCOCCOCCCCCCONC(=O)c2ccc(F)c(F)c2Nc2ccc(I)cc2F)NC(=O)[C@@H]2C[C@@H](O)CN2C(=O)C(NC(=O)C2(F)CC2)C(C)(C)C)cc1. The summed E-state index contributed by atoms with van der Waals surface area (Å²) >= 11 is 3.40. The summed E-state index contributed by atoms with van der Waals surface area (Å²) in [6, 6.07) is 10.3. The number of amides is 5. The Kier molecular flexibility index (Phi) is 24.2. The smallest absolute Gasteiger partial charge is 0.277 e. The number of anilines is 2. The van der Waals surface area contributed by atoms with Crippen LogP contribution in [0, 0.1) is 33.4 Å². The van der Waals surface area contributed by atoms with Crippen molar-refractivity contribution in [3.8, 4) is 10.4 Å². The first kappa shape index (κ1) is 62.8. The highest BCUT2D eigenvalue weighted by Gasteiger charge is 2.53. The van der Waals surface area contributed by atoms with Crippen molar-refractivity contribution in [1.29, 1.82) is 0 Å². The third-order valence-corrected chi connectivity index (χ3v) is 14.7. The first-order valence-corrected chi connectivity index (χ1v) is 28.2. The summed E-state index contributed by atoms with van der Waals surface area (Å²) < 4.78 is 80.8. The number of unbranched alkanes of at least 4 members (excludes halogenated alkanes) is 3. The minimum Gasteiger partial charge on any atom is -0.391 e. The Bertz CT molecular complexity index is 2680. The Morgan fingerprint density at radius 1 is 0.835 bits per heavy atom. The number of carbonyl (C=O) groups is 5. The van der Waals surface area contributed by atoms with Crippen LogP contribution < -0.4 is 26.7 Å². The number of nitrogens with one attached hydrogen (secondary N) is 5. The molecule has 3 aromatic carbocycles. The molecule has 1 saturated carbocycles. The molecule has 2 aliphatic rings. The van der Waals surface area contributed by atoms with E-state index >= 15 is 0 Å². The second-order valence-electron chi connectivity index (χ2n) is 20.3. The molecule has 2 fully saturated rings. The van der Waals surface area contributed by atoms with Crippen LogP contribution in [0.1, 0.15) is 99.8 Å². The molecule has 0 spiro atoms. The number of rotatable bonds is 32. The number of nitrogens with zero attached hydrogens (tertiary/aromatic N) is 2. The maximum atomic E-state index is 14.7. The van der Waals surface area contributed by atoms with Crippen LogP contribution in [0.3, 0.4) is 0 Å². The number of aliphatic hydroxyl groups is 1. The zero-order valence-corrected chi connectivity index (χ0v) is 47.7. The van der Waals surface area contributed by atoms with Crippen molar-refractivity contribution in [2.75, 3.05) is 77.9 Å². The summed E-state index contributed by atoms with van der Waals surface area (Å²) in [4.78, 5) is 78.8. The van der Waals surface area contributed by atoms with Crippen molar-refractivity contribution >= 4 is 74.8 Å². The zero-order chi connectivity index (χ0) is 57.1. The molecule has 1 aromatic heterocycles. The van der Waals surface area contributed by atoms with Crippen LogP contribution in [0.5, 0.6) is 0 Å². The van der Waals surface area contributed by atoms with Crippen LogP contribution >= 0.6 is 33.9 Å². The molecule has 6 rings (SSSR count). The lowest BCUT2D eigenvalue weighted by Crippen LogP contribution is -2.59. The lowest BCUT2D eigenvalue weighted by atomic mass is 9.85. The number of ether oxygens (including phenoxy) is 4. The molecule has 4 aromatic rings. The summed E-state index contributed by atoms with van der Waals surface area (Å²) in [6.45, 7) is 10.1. The molecule has 79 heavy (non-hydrogen) atoms. The van der Waals surface area contributed by atoms with Gasteiger partial charge in [-0.15, -0.1) is 11.3 Å². The molecular formula is C55H70F4IN7O11S. The molecule has 1 saturated heterocycles. The van der Waals surface area contributed by atoms with E-state index in [-0.39, 0.29) is 75.8 Å². The quantitative estimate of drug-likeness (QED) is 0.0120. The molecule has 1 unspecified atom stereocenters. The number of alkyl halides is 1. The van der Waals surface area contributed by atoms with Gasteiger partial charge in [0.25, 0.3) is 11.8 Å². The fraction of sp³-hybridized carbons (Fsp3) is 0.527. The van der Waals surface area contributed by atoms with E-state index in [1.165, 1.54) is 28.4 Å². The molecule has 6 N–H and O–H groups in total. The summed E-state index contributed by atoms with van der Waals surface area (Å²) in [6.07, 6.45) is 1.93. The van der Waals surface area contributed by atoms with Gasteiger partial charge in [-0.05, 0) is 102 Å². The number of hydroxylamine groups is 1. The Labute approximate surface area is 474 Å². The van der Waals surface area contributed by atoms with Gasteiger partial charge >= 0.3 is 0 Å². The average Bonchev–Trinajstić information content (AvgIpc) is 3.89. The van der Waals surface area contributed by atoms with E-state index in [4.69, 9.17) is 23.8 Å². The molecule has 18 nitrogen and oxygen atoms in total. The van der Waals surface area contributed by atoms with E-state index < -0.39 is 82.1 Å². The number of hydrogen-bond acceptors (Lipinski definition) is 14. The summed E-state index contributed by atoms with van der Waals surface area (Å²) in [5.41, 5.74) is 2.63. The lowest BCUT2D eigenvalue weighted by Gasteiger charge is -2.36. The molecule has 432 valence electrons. The molecule has 0 radical (unpaired) electrons. The predicted molar refractivity (Wildman–Crippen MR) is 295 cm³/mol. The minimum absolute atomic E-state index is 0.0669. The van der Waals surface area contributed by atoms with Gasteiger partial charge in [0.2, 0.25) is 17.7 Å². The lowest BCUT2D eigenvalue weighted by molar-refractivity contribution is -0.145. The second kappa shape index (κ2) is 30.5. The van der Waals surface area contributed by atoms with E-state index in [9.17, 15) is 46.6 Å². The van der Waals surface area contributed by atoms with E-state index in [0.717, 1.165) is 47.5 Å². The van der Waals surface area contributed by atoms with E-state index in [1.54, 1.807) is 32.3 Å². The molecule has 0 bridgehead atoms. The monoisotopic (exact) mass is 1240 g/mol. The van der Waals surface area contributed by atoms with Gasteiger partial charge < -0.3 is 50.2 Å². The fourth-order valence-corrected chi connectivity index (χ4v) is 9.72. The zero-order valence-electron chi connectivity index (χ0n) is 44.7. The maximum Gasteiger partial charge on any atom is 0.277 e. The van der Waals surface area contributed by atoms with E-state index in [2.05, 4.69) is 31.7 Å². The Hall–Kier alpha value is -5.35. The van der Waals surface area contributed by atoms with E-state index in [1.807, 2.05) is 53.8 Å². The molecule has 24 heteroatoms. The summed E-state index contributed by atoms with van der Waals surface area (Å²) in [7, 11) is 0. The van der Waals surface area contributed by atoms with Crippen LogP contribution in [-0.2, 0) is 43.0 Å². The van der Waals surface area contributed by atoms with Crippen molar-refractivity contribution in [3.05, 3.63) is 98.0 Å². The van der Waals surface area contributed by atoms with Gasteiger partial charge in [-0.25, -0.2) is 28.0 Å². The van der Waals surface area contributed by atoms with Crippen molar-refractivity contribution in [3.63, 3.8) is 0 Å². The van der Waals surface area contributed by atoms with Crippen LogP contribution in [-0.4, -0.2) is 141 Å².